The summed E-state index contributed by atoms with van der Waals surface area (Å²) in [5, 5.41) is 12.0. The standard InChI is InChI=1S/C12H22N2O5S/c1-9(2)13-6-11-4-5-12(19-11)20(16,17)14-10(7-15)8-18-3/h4-5,9-10,13-15H,6-8H2,1-3H3. The van der Waals surface area contributed by atoms with Crippen LogP contribution < -0.4 is 10.0 Å². The third-order valence-electron chi connectivity index (χ3n) is 2.50. The Morgan fingerprint density at radius 1 is 1.40 bits per heavy atom. The number of furan rings is 1. The zero-order chi connectivity index (χ0) is 15.2. The molecular formula is C12H22N2O5S. The van der Waals surface area contributed by atoms with Crippen LogP contribution in [-0.2, 0) is 21.3 Å². The lowest BCUT2D eigenvalue weighted by atomic mass is 10.3. The molecule has 1 aromatic rings. The third kappa shape index (κ3) is 5.22. The molecule has 1 unspecified atom stereocenters. The monoisotopic (exact) mass is 306 g/mol. The van der Waals surface area contributed by atoms with Crippen LogP contribution in [0.2, 0.25) is 0 Å². The molecule has 1 rings (SSSR count). The molecule has 0 saturated carbocycles. The van der Waals surface area contributed by atoms with E-state index in [0.717, 1.165) is 0 Å². The molecule has 0 amide bonds. The highest BCUT2D eigenvalue weighted by Gasteiger charge is 2.23. The molecular weight excluding hydrogens is 284 g/mol. The molecule has 116 valence electrons. The predicted molar refractivity (Wildman–Crippen MR) is 73.8 cm³/mol. The number of aliphatic hydroxyl groups excluding tert-OH is 1. The highest BCUT2D eigenvalue weighted by Crippen LogP contribution is 2.14. The van der Waals surface area contributed by atoms with Gasteiger partial charge in [0, 0.05) is 13.2 Å². The van der Waals surface area contributed by atoms with Crippen molar-refractivity contribution in [3.8, 4) is 0 Å². The number of aliphatic hydroxyl groups is 1. The van der Waals surface area contributed by atoms with Gasteiger partial charge in [-0.2, -0.15) is 0 Å². The minimum absolute atomic E-state index is 0.0815. The van der Waals surface area contributed by atoms with Crippen molar-refractivity contribution in [2.45, 2.75) is 37.6 Å². The number of nitrogens with one attached hydrogen (secondary N) is 2. The first-order chi connectivity index (χ1) is 9.39. The van der Waals surface area contributed by atoms with E-state index in [1.165, 1.54) is 13.2 Å². The number of sulfonamides is 1. The molecule has 1 heterocycles. The second-order valence-electron chi connectivity index (χ2n) is 4.71. The van der Waals surface area contributed by atoms with Crippen molar-refractivity contribution in [2.75, 3.05) is 20.3 Å². The van der Waals surface area contributed by atoms with E-state index in [4.69, 9.17) is 14.3 Å². The normalized spacial score (nSPS) is 13.8. The molecule has 0 fully saturated rings. The molecule has 7 nitrogen and oxygen atoms in total. The lowest BCUT2D eigenvalue weighted by Crippen LogP contribution is -2.40. The van der Waals surface area contributed by atoms with Crippen molar-refractivity contribution < 1.29 is 22.7 Å². The second-order valence-corrected chi connectivity index (χ2v) is 6.36. The van der Waals surface area contributed by atoms with Crippen molar-refractivity contribution in [1.82, 2.24) is 10.0 Å². The molecule has 20 heavy (non-hydrogen) atoms. The Hall–Kier alpha value is -0.930. The Morgan fingerprint density at radius 3 is 2.65 bits per heavy atom. The van der Waals surface area contributed by atoms with E-state index in [1.807, 2.05) is 13.8 Å². The van der Waals surface area contributed by atoms with Crippen LogP contribution in [-0.4, -0.2) is 45.9 Å². The average Bonchev–Trinajstić information content (AvgIpc) is 2.85. The summed E-state index contributed by atoms with van der Waals surface area (Å²) in [6.07, 6.45) is 0. The van der Waals surface area contributed by atoms with E-state index in [1.54, 1.807) is 6.07 Å². The summed E-state index contributed by atoms with van der Waals surface area (Å²) in [5.74, 6) is 0.534. The lowest BCUT2D eigenvalue weighted by Gasteiger charge is -2.14. The number of rotatable bonds is 9. The minimum atomic E-state index is -3.80. The van der Waals surface area contributed by atoms with Gasteiger partial charge in [0.05, 0.1) is 25.8 Å². The van der Waals surface area contributed by atoms with Crippen molar-refractivity contribution in [3.05, 3.63) is 17.9 Å². The highest BCUT2D eigenvalue weighted by atomic mass is 32.2. The first kappa shape index (κ1) is 17.1. The Morgan fingerprint density at radius 2 is 2.10 bits per heavy atom. The molecule has 1 atom stereocenters. The predicted octanol–water partition coefficient (Wildman–Crippen LogP) is 0.0632. The Labute approximate surface area is 119 Å². The van der Waals surface area contributed by atoms with E-state index in [9.17, 15) is 8.42 Å². The Bertz CT molecular complexity index is 498. The van der Waals surface area contributed by atoms with E-state index in [-0.39, 0.29) is 24.3 Å². The van der Waals surface area contributed by atoms with Crippen molar-refractivity contribution in [1.29, 1.82) is 0 Å². The van der Waals surface area contributed by atoms with Crippen LogP contribution in [0, 0.1) is 0 Å². The van der Waals surface area contributed by atoms with Gasteiger partial charge in [-0.05, 0) is 12.1 Å². The number of hydrogen-bond acceptors (Lipinski definition) is 6. The summed E-state index contributed by atoms with van der Waals surface area (Å²) in [7, 11) is -2.37. The topological polar surface area (TPSA) is 101 Å². The van der Waals surface area contributed by atoms with Gasteiger partial charge in [0.1, 0.15) is 5.76 Å². The lowest BCUT2D eigenvalue weighted by molar-refractivity contribution is 0.138. The molecule has 0 aliphatic rings. The average molecular weight is 306 g/mol. The van der Waals surface area contributed by atoms with Gasteiger partial charge < -0.3 is 19.6 Å². The first-order valence-corrected chi connectivity index (χ1v) is 7.81. The van der Waals surface area contributed by atoms with Crippen LogP contribution >= 0.6 is 0 Å². The van der Waals surface area contributed by atoms with Crippen LogP contribution in [0.4, 0.5) is 0 Å². The third-order valence-corrected chi connectivity index (χ3v) is 3.89. The van der Waals surface area contributed by atoms with E-state index < -0.39 is 16.1 Å². The summed E-state index contributed by atoms with van der Waals surface area (Å²) in [6.45, 7) is 4.15. The van der Waals surface area contributed by atoms with E-state index in [2.05, 4.69) is 10.0 Å². The van der Waals surface area contributed by atoms with Gasteiger partial charge in [0.2, 0.25) is 5.09 Å². The van der Waals surface area contributed by atoms with Crippen LogP contribution in [0.3, 0.4) is 0 Å². The van der Waals surface area contributed by atoms with Gasteiger partial charge in [-0.3, -0.25) is 0 Å². The van der Waals surface area contributed by atoms with Gasteiger partial charge in [-0.1, -0.05) is 13.8 Å². The quantitative estimate of drug-likeness (QED) is 0.596. The maximum Gasteiger partial charge on any atom is 0.274 e. The Balaban J connectivity index is 2.72. The number of ether oxygens (including phenoxy) is 1. The fraction of sp³-hybridized carbons (Fsp3) is 0.667. The van der Waals surface area contributed by atoms with Crippen LogP contribution in [0.25, 0.3) is 0 Å². The summed E-state index contributed by atoms with van der Waals surface area (Å²) < 4.78 is 36.5. The zero-order valence-corrected chi connectivity index (χ0v) is 12.7. The van der Waals surface area contributed by atoms with Gasteiger partial charge in [-0.15, -0.1) is 0 Å². The van der Waals surface area contributed by atoms with Gasteiger partial charge in [0.15, 0.2) is 0 Å². The van der Waals surface area contributed by atoms with Crippen LogP contribution in [0.5, 0.6) is 0 Å². The summed E-state index contributed by atoms with van der Waals surface area (Å²) in [4.78, 5) is 0. The molecule has 0 aliphatic heterocycles. The fourth-order valence-corrected chi connectivity index (χ4v) is 2.67. The number of hydrogen-bond donors (Lipinski definition) is 3. The van der Waals surface area contributed by atoms with Crippen LogP contribution in [0.15, 0.2) is 21.6 Å². The van der Waals surface area contributed by atoms with Crippen LogP contribution in [0.1, 0.15) is 19.6 Å². The summed E-state index contributed by atoms with van der Waals surface area (Å²) >= 11 is 0. The smallest absolute Gasteiger partial charge is 0.274 e. The molecule has 0 spiro atoms. The second kappa shape index (κ2) is 7.75. The van der Waals surface area contributed by atoms with Gasteiger partial charge >= 0.3 is 0 Å². The maximum atomic E-state index is 12.0. The number of methoxy groups -OCH3 is 1. The molecule has 1 aromatic heterocycles. The van der Waals surface area contributed by atoms with Crippen molar-refractivity contribution in [2.24, 2.45) is 0 Å². The molecule has 0 aliphatic carbocycles. The molecule has 0 aromatic carbocycles. The largest absolute Gasteiger partial charge is 0.447 e. The van der Waals surface area contributed by atoms with Gasteiger partial charge in [-0.25, -0.2) is 13.1 Å². The molecule has 0 bridgehead atoms. The first-order valence-electron chi connectivity index (χ1n) is 6.33. The highest BCUT2D eigenvalue weighted by molar-refractivity contribution is 7.89. The van der Waals surface area contributed by atoms with Gasteiger partial charge in [0.25, 0.3) is 10.0 Å². The fourth-order valence-electron chi connectivity index (χ4n) is 1.51. The molecule has 0 saturated heterocycles. The Kier molecular flexibility index (Phi) is 6.63. The summed E-state index contributed by atoms with van der Waals surface area (Å²) in [6, 6.07) is 2.57. The van der Waals surface area contributed by atoms with E-state index in [0.29, 0.717) is 12.3 Å². The molecule has 3 N–H and O–H groups in total. The molecule has 0 radical (unpaired) electrons. The van der Waals surface area contributed by atoms with Crippen molar-refractivity contribution >= 4 is 10.0 Å². The maximum absolute atomic E-state index is 12.0. The van der Waals surface area contributed by atoms with Crippen molar-refractivity contribution in [3.63, 3.8) is 0 Å². The molecule has 8 heteroatoms. The van der Waals surface area contributed by atoms with E-state index >= 15 is 0 Å². The summed E-state index contributed by atoms with van der Waals surface area (Å²) in [5.41, 5.74) is 0. The zero-order valence-electron chi connectivity index (χ0n) is 11.9. The minimum Gasteiger partial charge on any atom is -0.447 e. The SMILES string of the molecule is COCC(CO)NS(=O)(=O)c1ccc(CNC(C)C)o1.